The highest BCUT2D eigenvalue weighted by atomic mass is 16.1. The van der Waals surface area contributed by atoms with Crippen molar-refractivity contribution >= 4 is 17.3 Å². The molecule has 2 fully saturated rings. The molecule has 164 valence electrons. The number of primary amides is 1. The number of benzene rings is 2. The van der Waals surface area contributed by atoms with Gasteiger partial charge < -0.3 is 16.0 Å². The smallest absolute Gasteiger partial charge is 0.250 e. The molecule has 2 heterocycles. The topological polar surface area (TPSA) is 64.8 Å². The van der Waals surface area contributed by atoms with Crippen LogP contribution in [0.25, 0.3) is 0 Å². The molecule has 31 heavy (non-hydrogen) atoms. The summed E-state index contributed by atoms with van der Waals surface area (Å²) < 4.78 is 0. The van der Waals surface area contributed by atoms with E-state index in [1.54, 1.807) is 0 Å². The van der Waals surface area contributed by atoms with Crippen LogP contribution in [0.15, 0.2) is 48.5 Å². The SMILES string of the molecule is NC(=O)c1cccc2c1N(C1CCCCC1N1CCN(Cc3ccccc3)CC1)CN2. The Kier molecular flexibility index (Phi) is 5.83. The van der Waals surface area contributed by atoms with E-state index in [0.29, 0.717) is 17.6 Å². The second-order valence-corrected chi connectivity index (χ2v) is 9.09. The van der Waals surface area contributed by atoms with Gasteiger partial charge in [-0.25, -0.2) is 0 Å². The summed E-state index contributed by atoms with van der Waals surface area (Å²) in [6, 6.07) is 17.6. The van der Waals surface area contributed by atoms with E-state index < -0.39 is 0 Å². The zero-order chi connectivity index (χ0) is 21.2. The predicted molar refractivity (Wildman–Crippen MR) is 125 cm³/mol. The van der Waals surface area contributed by atoms with Crippen LogP contribution in [-0.2, 0) is 6.54 Å². The summed E-state index contributed by atoms with van der Waals surface area (Å²) in [5, 5.41) is 3.49. The summed E-state index contributed by atoms with van der Waals surface area (Å²) in [5.74, 6) is -0.340. The lowest BCUT2D eigenvalue weighted by molar-refractivity contribution is 0.0648. The molecule has 2 aromatic rings. The van der Waals surface area contributed by atoms with Crippen LogP contribution < -0.4 is 16.0 Å². The molecule has 3 aliphatic rings. The molecular weight excluding hydrogens is 386 g/mol. The van der Waals surface area contributed by atoms with Gasteiger partial charge in [-0.1, -0.05) is 49.2 Å². The summed E-state index contributed by atoms with van der Waals surface area (Å²) in [4.78, 5) is 19.8. The van der Waals surface area contributed by atoms with Crippen LogP contribution in [0, 0.1) is 0 Å². The fourth-order valence-corrected chi connectivity index (χ4v) is 5.70. The second kappa shape index (κ2) is 8.89. The van der Waals surface area contributed by atoms with E-state index in [1.807, 2.05) is 12.1 Å². The average Bonchev–Trinajstić information content (AvgIpc) is 3.24. The van der Waals surface area contributed by atoms with Gasteiger partial charge in [0.05, 0.1) is 23.6 Å². The van der Waals surface area contributed by atoms with Crippen LogP contribution in [0.1, 0.15) is 41.6 Å². The molecule has 2 aliphatic heterocycles. The van der Waals surface area contributed by atoms with Gasteiger partial charge >= 0.3 is 0 Å². The number of nitrogens with one attached hydrogen (secondary N) is 1. The van der Waals surface area contributed by atoms with Gasteiger partial charge in [-0.05, 0) is 30.5 Å². The molecule has 6 nitrogen and oxygen atoms in total. The van der Waals surface area contributed by atoms with Crippen LogP contribution in [0.4, 0.5) is 11.4 Å². The van der Waals surface area contributed by atoms with Crippen molar-refractivity contribution in [2.24, 2.45) is 5.73 Å². The van der Waals surface area contributed by atoms with Crippen LogP contribution in [-0.4, -0.2) is 60.6 Å². The zero-order valence-corrected chi connectivity index (χ0v) is 18.2. The van der Waals surface area contributed by atoms with Gasteiger partial charge in [0.15, 0.2) is 0 Å². The molecule has 0 spiro atoms. The molecule has 2 aromatic carbocycles. The maximum Gasteiger partial charge on any atom is 0.250 e. The van der Waals surface area contributed by atoms with Gasteiger partial charge in [0, 0.05) is 44.8 Å². The van der Waals surface area contributed by atoms with Crippen molar-refractivity contribution in [1.82, 2.24) is 9.80 Å². The van der Waals surface area contributed by atoms with Crippen molar-refractivity contribution in [2.45, 2.75) is 44.3 Å². The Morgan fingerprint density at radius 2 is 1.68 bits per heavy atom. The molecule has 0 aromatic heterocycles. The van der Waals surface area contributed by atoms with Gasteiger partial charge in [-0.2, -0.15) is 0 Å². The number of carbonyl (C=O) groups is 1. The second-order valence-electron chi connectivity index (χ2n) is 9.09. The monoisotopic (exact) mass is 419 g/mol. The number of para-hydroxylation sites is 1. The third kappa shape index (κ3) is 4.14. The third-order valence-electron chi connectivity index (χ3n) is 7.25. The molecular formula is C25H33N5O. The fraction of sp³-hybridized carbons (Fsp3) is 0.480. The Morgan fingerprint density at radius 3 is 2.42 bits per heavy atom. The number of carbonyl (C=O) groups excluding carboxylic acids is 1. The van der Waals surface area contributed by atoms with Crippen molar-refractivity contribution < 1.29 is 4.79 Å². The summed E-state index contributed by atoms with van der Waals surface area (Å²) in [5.41, 5.74) is 9.80. The summed E-state index contributed by atoms with van der Waals surface area (Å²) in [6.45, 7) is 6.24. The number of fused-ring (bicyclic) bond motifs is 1. The highest BCUT2D eigenvalue weighted by molar-refractivity contribution is 6.02. The molecule has 6 heteroatoms. The Bertz CT molecular complexity index is 909. The molecule has 0 bridgehead atoms. The van der Waals surface area contributed by atoms with Gasteiger partial charge in [0.1, 0.15) is 0 Å². The highest BCUT2D eigenvalue weighted by Crippen LogP contribution is 2.40. The zero-order valence-electron chi connectivity index (χ0n) is 18.2. The summed E-state index contributed by atoms with van der Waals surface area (Å²) in [7, 11) is 0. The van der Waals surface area contributed by atoms with Gasteiger partial charge in [-0.3, -0.25) is 14.6 Å². The van der Waals surface area contributed by atoms with Crippen molar-refractivity contribution in [3.05, 3.63) is 59.7 Å². The van der Waals surface area contributed by atoms with Crippen molar-refractivity contribution in [3.63, 3.8) is 0 Å². The molecule has 1 amide bonds. The molecule has 1 aliphatic carbocycles. The van der Waals surface area contributed by atoms with E-state index in [2.05, 4.69) is 56.4 Å². The first kappa shape index (κ1) is 20.3. The van der Waals surface area contributed by atoms with Crippen LogP contribution in [0.2, 0.25) is 0 Å². The summed E-state index contributed by atoms with van der Waals surface area (Å²) in [6.07, 6.45) is 4.94. The van der Waals surface area contributed by atoms with E-state index in [-0.39, 0.29) is 5.91 Å². The number of rotatable bonds is 5. The Hall–Kier alpha value is -2.57. The molecule has 5 rings (SSSR count). The first-order valence-corrected chi connectivity index (χ1v) is 11.6. The maximum atomic E-state index is 12.1. The quantitative estimate of drug-likeness (QED) is 0.780. The molecule has 1 saturated heterocycles. The van der Waals surface area contributed by atoms with Gasteiger partial charge in [-0.15, -0.1) is 0 Å². The number of piperazine rings is 1. The number of nitrogens with two attached hydrogens (primary N) is 1. The van der Waals surface area contributed by atoms with E-state index >= 15 is 0 Å². The number of amides is 1. The van der Waals surface area contributed by atoms with Crippen LogP contribution in [0.5, 0.6) is 0 Å². The Labute approximate surface area is 185 Å². The molecule has 1 saturated carbocycles. The lowest BCUT2D eigenvalue weighted by Crippen LogP contribution is -2.58. The van der Waals surface area contributed by atoms with E-state index in [4.69, 9.17) is 5.73 Å². The Balaban J connectivity index is 1.29. The third-order valence-corrected chi connectivity index (χ3v) is 7.25. The minimum Gasteiger partial charge on any atom is -0.366 e. The first-order valence-electron chi connectivity index (χ1n) is 11.6. The average molecular weight is 420 g/mol. The van der Waals surface area contributed by atoms with Crippen molar-refractivity contribution in [2.75, 3.05) is 43.1 Å². The van der Waals surface area contributed by atoms with Crippen LogP contribution in [0.3, 0.4) is 0 Å². The predicted octanol–water partition coefficient (Wildman–Crippen LogP) is 3.10. The summed E-state index contributed by atoms with van der Waals surface area (Å²) >= 11 is 0. The normalized spacial score (nSPS) is 24.6. The van der Waals surface area contributed by atoms with E-state index in [1.165, 1.54) is 31.2 Å². The Morgan fingerprint density at radius 1 is 0.935 bits per heavy atom. The van der Waals surface area contributed by atoms with Crippen LogP contribution >= 0.6 is 0 Å². The van der Waals surface area contributed by atoms with Crippen molar-refractivity contribution in [1.29, 1.82) is 0 Å². The molecule has 2 atom stereocenters. The van der Waals surface area contributed by atoms with Gasteiger partial charge in [0.2, 0.25) is 0 Å². The van der Waals surface area contributed by atoms with E-state index in [9.17, 15) is 4.79 Å². The molecule has 3 N–H and O–H groups in total. The lowest BCUT2D eigenvalue weighted by atomic mass is 9.87. The largest absolute Gasteiger partial charge is 0.366 e. The number of anilines is 2. The maximum absolute atomic E-state index is 12.1. The van der Waals surface area contributed by atoms with Crippen molar-refractivity contribution in [3.8, 4) is 0 Å². The lowest BCUT2D eigenvalue weighted by Gasteiger charge is -2.47. The molecule has 0 radical (unpaired) electrons. The minimum absolute atomic E-state index is 0.340. The highest BCUT2D eigenvalue weighted by Gasteiger charge is 2.39. The van der Waals surface area contributed by atoms with Gasteiger partial charge in [0.25, 0.3) is 5.91 Å². The number of nitrogens with zero attached hydrogens (tertiary/aromatic N) is 3. The fourth-order valence-electron chi connectivity index (χ4n) is 5.70. The first-order chi connectivity index (χ1) is 15.2. The number of hydrogen-bond acceptors (Lipinski definition) is 5. The van der Waals surface area contributed by atoms with E-state index in [0.717, 1.165) is 50.8 Å². The molecule has 2 unspecified atom stereocenters. The number of hydrogen-bond donors (Lipinski definition) is 2. The minimum atomic E-state index is -0.340. The standard InChI is InChI=1S/C25H33N5O/c26-25(31)20-9-6-10-21-24(20)30(18-27-21)23-12-5-4-11-22(23)29-15-13-28(14-16-29)17-19-7-2-1-3-8-19/h1-3,6-10,22-23,27H,4-5,11-18H2,(H2,26,31).